The number of fused-ring (bicyclic) bond motifs is 2. The standard InChI is InChI=1S/C18H18N4O5S/c23-14(19-12-6-3-7-13-16(12)21-28-20-13)9-27-15(24)8-22-17(25)10-4-1-2-5-11(10)18(22)26/h3,6-7,10-11H,1-2,4-5,8-9H2,(H,19,23)/t10-,11+. The molecule has 10 heteroatoms. The zero-order valence-corrected chi connectivity index (χ0v) is 15.7. The summed E-state index contributed by atoms with van der Waals surface area (Å²) in [4.78, 5) is 49.8. The van der Waals surface area contributed by atoms with Crippen LogP contribution in [-0.4, -0.2) is 41.7 Å². The third kappa shape index (κ3) is 3.47. The highest BCUT2D eigenvalue weighted by atomic mass is 32.1. The van der Waals surface area contributed by atoms with E-state index < -0.39 is 25.0 Å². The van der Waals surface area contributed by atoms with Crippen LogP contribution in [0.3, 0.4) is 0 Å². The van der Waals surface area contributed by atoms with Crippen LogP contribution in [0.5, 0.6) is 0 Å². The van der Waals surface area contributed by atoms with E-state index in [1.165, 1.54) is 0 Å². The zero-order valence-electron chi connectivity index (χ0n) is 14.9. The van der Waals surface area contributed by atoms with Crippen LogP contribution >= 0.6 is 0 Å². The Morgan fingerprint density at radius 1 is 1.14 bits per heavy atom. The molecule has 1 saturated carbocycles. The monoisotopic (exact) mass is 402 g/mol. The zero-order chi connectivity index (χ0) is 19.7. The van der Waals surface area contributed by atoms with Crippen molar-refractivity contribution in [2.45, 2.75) is 25.7 Å². The van der Waals surface area contributed by atoms with Gasteiger partial charge in [-0.1, -0.05) is 18.9 Å². The number of carbonyl (C=O) groups is 4. The maximum absolute atomic E-state index is 12.4. The molecule has 28 heavy (non-hydrogen) atoms. The van der Waals surface area contributed by atoms with Crippen LogP contribution in [-0.2, 0) is 35.3 Å². The molecule has 1 N–H and O–H groups in total. The van der Waals surface area contributed by atoms with Crippen LogP contribution in [0, 0.1) is 11.8 Å². The molecule has 0 spiro atoms. The highest BCUT2D eigenvalue weighted by Gasteiger charge is 2.48. The molecule has 0 unspecified atom stereocenters. The minimum absolute atomic E-state index is 0.307. The molecular formula is C18H18N4O5S. The van der Waals surface area contributed by atoms with E-state index in [4.69, 9.17) is 4.74 Å². The number of hydrogen-bond acceptors (Lipinski definition) is 7. The number of nitrogens with one attached hydrogen (secondary N) is 1. The highest BCUT2D eigenvalue weighted by molar-refractivity contribution is 7.58. The fourth-order valence-electron chi connectivity index (χ4n) is 3.80. The van der Waals surface area contributed by atoms with E-state index in [0.717, 1.165) is 29.1 Å². The highest BCUT2D eigenvalue weighted by Crippen LogP contribution is 2.39. The van der Waals surface area contributed by atoms with Crippen LogP contribution < -0.4 is 5.32 Å². The molecule has 3 aliphatic rings. The number of likely N-dealkylation sites (tertiary alicyclic amines) is 1. The summed E-state index contributed by atoms with van der Waals surface area (Å²) < 4.78 is 13.2. The molecule has 0 bridgehead atoms. The molecule has 1 aliphatic carbocycles. The molecule has 0 radical (unpaired) electrons. The topological polar surface area (TPSA) is 118 Å². The fourth-order valence-corrected chi connectivity index (χ4v) is 4.35. The Hall–Kier alpha value is -2.88. The minimum Gasteiger partial charge on any atom is -0.454 e. The first-order chi connectivity index (χ1) is 13.5. The van der Waals surface area contributed by atoms with E-state index in [1.807, 2.05) is 0 Å². The van der Waals surface area contributed by atoms with Gasteiger partial charge in [0.1, 0.15) is 17.9 Å². The minimum atomic E-state index is -0.788. The van der Waals surface area contributed by atoms with Crippen molar-refractivity contribution in [1.29, 1.82) is 0 Å². The van der Waals surface area contributed by atoms with Gasteiger partial charge in [0.05, 0.1) is 28.9 Å². The number of ether oxygens (including phenoxy) is 1. The average molecular weight is 402 g/mol. The Labute approximate surface area is 164 Å². The van der Waals surface area contributed by atoms with E-state index in [9.17, 15) is 19.2 Å². The Morgan fingerprint density at radius 3 is 2.57 bits per heavy atom. The third-order valence-corrected chi connectivity index (χ3v) is 5.69. The lowest BCUT2D eigenvalue weighted by Gasteiger charge is -2.19. The fraction of sp³-hybridized carbons (Fsp3) is 0.444. The molecule has 2 fully saturated rings. The Kier molecular flexibility index (Phi) is 5.03. The normalized spacial score (nSPS) is 22.5. The van der Waals surface area contributed by atoms with Gasteiger partial charge in [0.25, 0.3) is 5.91 Å². The smallest absolute Gasteiger partial charge is 0.326 e. The van der Waals surface area contributed by atoms with Crippen molar-refractivity contribution in [2.75, 3.05) is 18.5 Å². The molecule has 4 rings (SSSR count). The van der Waals surface area contributed by atoms with Gasteiger partial charge in [-0.3, -0.25) is 24.1 Å². The summed E-state index contributed by atoms with van der Waals surface area (Å²) in [6, 6.07) is 5.18. The van der Waals surface area contributed by atoms with Crippen LogP contribution in [0.15, 0.2) is 26.9 Å². The van der Waals surface area contributed by atoms with E-state index in [-0.39, 0.29) is 23.7 Å². The van der Waals surface area contributed by atoms with Crippen molar-refractivity contribution in [2.24, 2.45) is 20.6 Å². The number of benzene rings is 1. The van der Waals surface area contributed by atoms with Gasteiger partial charge in [0, 0.05) is 0 Å². The number of esters is 1. The second-order valence-corrected chi connectivity index (χ2v) is 7.43. The van der Waals surface area contributed by atoms with Gasteiger partial charge < -0.3 is 10.1 Å². The van der Waals surface area contributed by atoms with Crippen molar-refractivity contribution < 1.29 is 23.9 Å². The quantitative estimate of drug-likeness (QED) is 0.607. The summed E-state index contributed by atoms with van der Waals surface area (Å²) in [7, 11) is 0. The summed E-state index contributed by atoms with van der Waals surface area (Å²) in [6.07, 6.45) is 3.19. The van der Waals surface area contributed by atoms with Crippen molar-refractivity contribution >= 4 is 52.1 Å². The van der Waals surface area contributed by atoms with Crippen molar-refractivity contribution in [1.82, 2.24) is 4.90 Å². The number of amides is 3. The first-order valence-electron chi connectivity index (χ1n) is 9.06. The van der Waals surface area contributed by atoms with Crippen molar-refractivity contribution in [3.63, 3.8) is 0 Å². The van der Waals surface area contributed by atoms with Gasteiger partial charge in [-0.15, -0.1) is 0 Å². The van der Waals surface area contributed by atoms with Gasteiger partial charge >= 0.3 is 5.97 Å². The number of nitrogens with zero attached hydrogens (tertiary/aromatic N) is 3. The van der Waals surface area contributed by atoms with E-state index >= 15 is 0 Å². The molecular weight excluding hydrogens is 384 g/mol. The van der Waals surface area contributed by atoms with E-state index in [2.05, 4.69) is 14.0 Å². The lowest BCUT2D eigenvalue weighted by Crippen LogP contribution is -2.37. The first-order valence-corrected chi connectivity index (χ1v) is 9.79. The maximum Gasteiger partial charge on any atom is 0.326 e. The van der Waals surface area contributed by atoms with Gasteiger partial charge in [0.15, 0.2) is 6.61 Å². The summed E-state index contributed by atoms with van der Waals surface area (Å²) in [5.74, 6) is -2.57. The molecule has 9 nitrogen and oxygen atoms in total. The predicted octanol–water partition coefficient (Wildman–Crippen LogP) is 2.07. The maximum atomic E-state index is 12.4. The number of rotatable bonds is 5. The third-order valence-electron chi connectivity index (χ3n) is 5.14. The lowest BCUT2D eigenvalue weighted by molar-refractivity contribution is -0.154. The number of anilines is 1. The van der Waals surface area contributed by atoms with Gasteiger partial charge in [-0.2, -0.15) is 8.73 Å². The summed E-state index contributed by atoms with van der Waals surface area (Å²) >= 11 is 1.03. The van der Waals surface area contributed by atoms with Crippen LogP contribution in [0.4, 0.5) is 17.1 Å². The molecule has 3 amide bonds. The van der Waals surface area contributed by atoms with Crippen molar-refractivity contribution in [3.8, 4) is 0 Å². The Balaban J connectivity index is 1.30. The van der Waals surface area contributed by atoms with E-state index in [0.29, 0.717) is 29.9 Å². The molecule has 2 aliphatic heterocycles. The predicted molar refractivity (Wildman–Crippen MR) is 99.7 cm³/mol. The molecule has 2 heterocycles. The van der Waals surface area contributed by atoms with Crippen LogP contribution in [0.25, 0.3) is 0 Å². The molecule has 1 saturated heterocycles. The van der Waals surface area contributed by atoms with Gasteiger partial charge in [-0.25, -0.2) is 0 Å². The number of imide groups is 1. The largest absolute Gasteiger partial charge is 0.454 e. The first kappa shape index (κ1) is 18.5. The van der Waals surface area contributed by atoms with Crippen LogP contribution in [0.1, 0.15) is 25.7 Å². The average Bonchev–Trinajstić information content (AvgIpc) is 3.27. The van der Waals surface area contributed by atoms with Crippen LogP contribution in [0.2, 0.25) is 0 Å². The second kappa shape index (κ2) is 7.63. The lowest BCUT2D eigenvalue weighted by atomic mass is 9.81. The Morgan fingerprint density at radius 2 is 1.86 bits per heavy atom. The molecule has 1 aromatic rings. The van der Waals surface area contributed by atoms with E-state index in [1.54, 1.807) is 18.2 Å². The van der Waals surface area contributed by atoms with Crippen molar-refractivity contribution in [3.05, 3.63) is 18.2 Å². The number of hydrogen-bond donors (Lipinski definition) is 1. The molecule has 1 aromatic carbocycles. The summed E-state index contributed by atoms with van der Waals surface area (Å²) in [6.45, 7) is -0.973. The summed E-state index contributed by atoms with van der Waals surface area (Å²) in [5.41, 5.74) is 1.69. The number of carbonyl (C=O) groups excluding carboxylic acids is 4. The second-order valence-electron chi connectivity index (χ2n) is 6.91. The SMILES string of the molecule is O=C(COC(=O)CN1C(=O)[C@H]2CCCC[C@H]2C1=O)Nc1cccc2c1N=S=N2. The molecule has 0 aromatic heterocycles. The van der Waals surface area contributed by atoms with Gasteiger partial charge in [-0.05, 0) is 25.0 Å². The molecule has 146 valence electrons. The summed E-state index contributed by atoms with van der Waals surface area (Å²) in [5, 5.41) is 2.62. The van der Waals surface area contributed by atoms with Gasteiger partial charge in [0.2, 0.25) is 11.8 Å². The Bertz CT molecular complexity index is 916. The molecule has 2 atom stereocenters.